The number of halogens is 1. The summed E-state index contributed by atoms with van der Waals surface area (Å²) in [5.74, 6) is 1.55. The molecular weight excluding hydrogens is 391 g/mol. The van der Waals surface area contributed by atoms with Crippen LogP contribution in [0.25, 0.3) is 0 Å². The van der Waals surface area contributed by atoms with Crippen molar-refractivity contribution in [1.29, 1.82) is 0 Å². The number of nitrogens with zero attached hydrogens (tertiary/aromatic N) is 2. The lowest BCUT2D eigenvalue weighted by Gasteiger charge is -2.31. The minimum atomic E-state index is -0.200. The van der Waals surface area contributed by atoms with Crippen molar-refractivity contribution in [2.75, 3.05) is 26.8 Å². The SMILES string of the molecule is CCOc1ccc(CN2CCN(Cc3ccc(F)cc3)C2c2ccc(OC)cc2)cc1. The Morgan fingerprint density at radius 2 is 1.29 bits per heavy atom. The molecule has 4 rings (SSSR count). The highest BCUT2D eigenvalue weighted by Gasteiger charge is 2.33. The van der Waals surface area contributed by atoms with Gasteiger partial charge in [-0.2, -0.15) is 0 Å². The van der Waals surface area contributed by atoms with Gasteiger partial charge in [-0.3, -0.25) is 9.80 Å². The molecule has 1 aliphatic heterocycles. The Hall–Kier alpha value is -2.89. The van der Waals surface area contributed by atoms with E-state index in [0.717, 1.165) is 43.2 Å². The molecule has 1 unspecified atom stereocenters. The molecule has 3 aromatic rings. The summed E-state index contributed by atoms with van der Waals surface area (Å²) in [4.78, 5) is 4.94. The average molecular weight is 421 g/mol. The van der Waals surface area contributed by atoms with Crippen molar-refractivity contribution in [3.05, 3.63) is 95.3 Å². The highest BCUT2D eigenvalue weighted by molar-refractivity contribution is 5.31. The highest BCUT2D eigenvalue weighted by Crippen LogP contribution is 2.33. The summed E-state index contributed by atoms with van der Waals surface area (Å²) >= 11 is 0. The van der Waals surface area contributed by atoms with Gasteiger partial charge in [0, 0.05) is 26.2 Å². The summed E-state index contributed by atoms with van der Waals surface area (Å²) in [6.07, 6.45) is 0.141. The fourth-order valence-corrected chi connectivity index (χ4v) is 4.18. The van der Waals surface area contributed by atoms with Crippen molar-refractivity contribution >= 4 is 0 Å². The zero-order valence-corrected chi connectivity index (χ0v) is 18.1. The van der Waals surface area contributed by atoms with E-state index in [2.05, 4.69) is 34.1 Å². The molecule has 1 aliphatic rings. The predicted octanol–water partition coefficient (Wildman–Crippen LogP) is 5.25. The van der Waals surface area contributed by atoms with Crippen molar-refractivity contribution in [2.24, 2.45) is 0 Å². The summed E-state index contributed by atoms with van der Waals surface area (Å²) in [7, 11) is 1.68. The van der Waals surface area contributed by atoms with Crippen molar-refractivity contribution in [3.8, 4) is 11.5 Å². The van der Waals surface area contributed by atoms with Gasteiger partial charge in [-0.25, -0.2) is 4.39 Å². The molecule has 0 aliphatic carbocycles. The van der Waals surface area contributed by atoms with Crippen LogP contribution in [0.2, 0.25) is 0 Å². The summed E-state index contributed by atoms with van der Waals surface area (Å²) < 4.78 is 24.3. The Kier molecular flexibility index (Phi) is 6.85. The monoisotopic (exact) mass is 420 g/mol. The van der Waals surface area contributed by atoms with Gasteiger partial charge in [0.25, 0.3) is 0 Å². The molecule has 162 valence electrons. The maximum absolute atomic E-state index is 13.4. The fraction of sp³-hybridized carbons (Fsp3) is 0.308. The number of ether oxygens (including phenoxy) is 2. The standard InChI is InChI=1S/C26H29FN2O2/c1-3-31-25-12-6-21(7-13-25)19-29-17-16-28(18-20-4-10-23(27)11-5-20)26(29)22-8-14-24(30-2)15-9-22/h4-15,26H,3,16-19H2,1-2H3. The molecular formula is C26H29FN2O2. The van der Waals surface area contributed by atoms with Gasteiger partial charge in [-0.05, 0) is 60.0 Å². The van der Waals surface area contributed by atoms with Crippen LogP contribution in [0.4, 0.5) is 4.39 Å². The van der Waals surface area contributed by atoms with E-state index in [1.165, 1.54) is 23.3 Å². The normalized spacial score (nSPS) is 17.1. The molecule has 1 heterocycles. The predicted molar refractivity (Wildman–Crippen MR) is 121 cm³/mol. The molecule has 1 saturated heterocycles. The average Bonchev–Trinajstić information content (AvgIpc) is 3.18. The van der Waals surface area contributed by atoms with Crippen LogP contribution in [0.3, 0.4) is 0 Å². The quantitative estimate of drug-likeness (QED) is 0.497. The summed E-state index contributed by atoms with van der Waals surface area (Å²) in [5.41, 5.74) is 3.60. The van der Waals surface area contributed by atoms with Crippen LogP contribution in [0.15, 0.2) is 72.8 Å². The molecule has 0 bridgehead atoms. The smallest absolute Gasteiger partial charge is 0.123 e. The highest BCUT2D eigenvalue weighted by atomic mass is 19.1. The minimum absolute atomic E-state index is 0.141. The van der Waals surface area contributed by atoms with Gasteiger partial charge in [0.15, 0.2) is 0 Å². The van der Waals surface area contributed by atoms with Crippen LogP contribution in [-0.2, 0) is 13.1 Å². The topological polar surface area (TPSA) is 24.9 Å². The number of methoxy groups -OCH3 is 1. The molecule has 5 heteroatoms. The van der Waals surface area contributed by atoms with Gasteiger partial charge >= 0.3 is 0 Å². The Morgan fingerprint density at radius 3 is 1.81 bits per heavy atom. The molecule has 0 aromatic heterocycles. The Balaban J connectivity index is 1.56. The molecule has 0 amide bonds. The maximum Gasteiger partial charge on any atom is 0.123 e. The first-order chi connectivity index (χ1) is 15.2. The first kappa shape index (κ1) is 21.3. The second kappa shape index (κ2) is 9.94. The summed E-state index contributed by atoms with van der Waals surface area (Å²) in [5, 5.41) is 0. The molecule has 1 fully saturated rings. The van der Waals surface area contributed by atoms with Crippen LogP contribution in [-0.4, -0.2) is 36.6 Å². The van der Waals surface area contributed by atoms with E-state index in [1.807, 2.05) is 43.3 Å². The van der Waals surface area contributed by atoms with E-state index in [1.54, 1.807) is 7.11 Å². The van der Waals surface area contributed by atoms with Crippen LogP contribution < -0.4 is 9.47 Å². The molecule has 0 saturated carbocycles. The summed E-state index contributed by atoms with van der Waals surface area (Å²) in [6.45, 7) is 6.20. The molecule has 1 atom stereocenters. The Morgan fingerprint density at radius 1 is 0.774 bits per heavy atom. The molecule has 31 heavy (non-hydrogen) atoms. The molecule has 0 spiro atoms. The van der Waals surface area contributed by atoms with Crippen LogP contribution in [0.5, 0.6) is 11.5 Å². The van der Waals surface area contributed by atoms with Gasteiger partial charge in [-0.15, -0.1) is 0 Å². The van der Waals surface area contributed by atoms with E-state index in [0.29, 0.717) is 6.61 Å². The fourth-order valence-electron chi connectivity index (χ4n) is 4.18. The second-order valence-electron chi connectivity index (χ2n) is 7.79. The van der Waals surface area contributed by atoms with Gasteiger partial charge in [0.2, 0.25) is 0 Å². The molecule has 4 nitrogen and oxygen atoms in total. The number of hydrogen-bond acceptors (Lipinski definition) is 4. The number of benzene rings is 3. The van der Waals surface area contributed by atoms with Gasteiger partial charge in [-0.1, -0.05) is 36.4 Å². The minimum Gasteiger partial charge on any atom is -0.497 e. The maximum atomic E-state index is 13.4. The van der Waals surface area contributed by atoms with E-state index in [9.17, 15) is 4.39 Å². The van der Waals surface area contributed by atoms with Crippen LogP contribution in [0.1, 0.15) is 29.8 Å². The third-order valence-corrected chi connectivity index (χ3v) is 5.70. The third-order valence-electron chi connectivity index (χ3n) is 5.70. The van der Waals surface area contributed by atoms with Crippen LogP contribution >= 0.6 is 0 Å². The van der Waals surface area contributed by atoms with Crippen molar-refractivity contribution < 1.29 is 13.9 Å². The third kappa shape index (κ3) is 5.24. The summed E-state index contributed by atoms with van der Waals surface area (Å²) in [6, 6.07) is 23.5. The first-order valence-corrected chi connectivity index (χ1v) is 10.7. The molecule has 3 aromatic carbocycles. The van der Waals surface area contributed by atoms with Crippen molar-refractivity contribution in [1.82, 2.24) is 9.80 Å². The molecule has 0 N–H and O–H groups in total. The second-order valence-corrected chi connectivity index (χ2v) is 7.79. The number of hydrogen-bond donors (Lipinski definition) is 0. The van der Waals surface area contributed by atoms with Gasteiger partial charge in [0.1, 0.15) is 17.3 Å². The van der Waals surface area contributed by atoms with Crippen molar-refractivity contribution in [3.63, 3.8) is 0 Å². The largest absolute Gasteiger partial charge is 0.497 e. The zero-order chi connectivity index (χ0) is 21.6. The lowest BCUT2D eigenvalue weighted by Crippen LogP contribution is -2.30. The Labute approximate surface area is 183 Å². The van der Waals surface area contributed by atoms with E-state index >= 15 is 0 Å². The molecule has 0 radical (unpaired) electrons. The van der Waals surface area contributed by atoms with Gasteiger partial charge in [0.05, 0.1) is 19.9 Å². The Bertz CT molecular complexity index is 958. The van der Waals surface area contributed by atoms with E-state index in [-0.39, 0.29) is 12.0 Å². The lowest BCUT2D eigenvalue weighted by atomic mass is 10.1. The van der Waals surface area contributed by atoms with E-state index in [4.69, 9.17) is 9.47 Å². The number of rotatable bonds is 8. The van der Waals surface area contributed by atoms with E-state index < -0.39 is 0 Å². The van der Waals surface area contributed by atoms with Gasteiger partial charge < -0.3 is 9.47 Å². The zero-order valence-electron chi connectivity index (χ0n) is 18.1. The van der Waals surface area contributed by atoms with Crippen LogP contribution in [0, 0.1) is 5.82 Å². The van der Waals surface area contributed by atoms with Crippen molar-refractivity contribution in [2.45, 2.75) is 26.2 Å². The first-order valence-electron chi connectivity index (χ1n) is 10.7. The lowest BCUT2D eigenvalue weighted by molar-refractivity contribution is 0.125.